The molecule has 2 aromatic carbocycles. The fourth-order valence-electron chi connectivity index (χ4n) is 4.14. The Morgan fingerprint density at radius 3 is 2.47 bits per heavy atom. The van der Waals surface area contributed by atoms with Gasteiger partial charge in [-0.1, -0.05) is 12.1 Å². The molecule has 2 heterocycles. The Balaban J connectivity index is 1.36. The maximum absolute atomic E-state index is 13.0. The Bertz CT molecular complexity index is 1180. The van der Waals surface area contributed by atoms with E-state index in [1.165, 1.54) is 12.1 Å². The van der Waals surface area contributed by atoms with Crippen LogP contribution in [0.4, 0.5) is 4.39 Å². The van der Waals surface area contributed by atoms with Gasteiger partial charge in [0.2, 0.25) is 0 Å². The molecule has 2 N–H and O–H groups in total. The first-order chi connectivity index (χ1) is 14.3. The molecule has 1 aliphatic heterocycles. The number of imidazole rings is 1. The van der Waals surface area contributed by atoms with Crippen LogP contribution in [0.25, 0.3) is 11.0 Å². The molecule has 0 amide bonds. The lowest BCUT2D eigenvalue weighted by Gasteiger charge is -2.33. The lowest BCUT2D eigenvalue weighted by atomic mass is 10.0. The molecule has 160 valence electrons. The van der Waals surface area contributed by atoms with Crippen LogP contribution in [-0.2, 0) is 9.84 Å². The number of sulfone groups is 1. The molecule has 3 aromatic rings. The molecule has 1 aromatic heterocycles. The van der Waals surface area contributed by atoms with Crippen molar-refractivity contribution in [1.82, 2.24) is 14.5 Å². The summed E-state index contributed by atoms with van der Waals surface area (Å²) in [6.07, 6.45) is 0.422. The first kappa shape index (κ1) is 20.8. The molecule has 9 heteroatoms. The van der Waals surface area contributed by atoms with Gasteiger partial charge in [0.05, 0.1) is 27.8 Å². The van der Waals surface area contributed by atoms with Gasteiger partial charge in [-0.3, -0.25) is 4.57 Å². The van der Waals surface area contributed by atoms with Crippen molar-refractivity contribution >= 4 is 20.9 Å². The van der Waals surface area contributed by atoms with E-state index in [4.69, 9.17) is 0 Å². The van der Waals surface area contributed by atoms with Crippen LogP contribution in [-0.4, -0.2) is 59.5 Å². The monoisotopic (exact) mass is 433 g/mol. The molecule has 0 spiro atoms. The number of nitrogens with one attached hydrogen (secondary N) is 1. The summed E-state index contributed by atoms with van der Waals surface area (Å²) in [4.78, 5) is 17.3. The molecule has 0 saturated carbocycles. The van der Waals surface area contributed by atoms with Crippen LogP contribution in [0.2, 0.25) is 0 Å². The number of rotatable bonds is 6. The number of H-pyrrole nitrogens is 1. The van der Waals surface area contributed by atoms with Crippen molar-refractivity contribution in [2.24, 2.45) is 0 Å². The Labute approximate surface area is 173 Å². The molecule has 7 nitrogen and oxygen atoms in total. The van der Waals surface area contributed by atoms with Gasteiger partial charge in [0.15, 0.2) is 9.84 Å². The van der Waals surface area contributed by atoms with E-state index in [1.807, 2.05) is 29.2 Å². The van der Waals surface area contributed by atoms with Gasteiger partial charge < -0.3 is 15.0 Å². The minimum atomic E-state index is -3.70. The van der Waals surface area contributed by atoms with Crippen molar-refractivity contribution in [2.75, 3.05) is 25.4 Å². The quantitative estimate of drug-likeness (QED) is 0.580. The molecule has 1 saturated heterocycles. The SMILES string of the molecule is O=c1[nH]c2ccccc2n1C1CCN(CC(O)CS(=O)(=O)c2ccc(F)cc2)CC1. The van der Waals surface area contributed by atoms with Crippen LogP contribution in [0.15, 0.2) is 58.2 Å². The van der Waals surface area contributed by atoms with Crippen LogP contribution in [0.1, 0.15) is 18.9 Å². The van der Waals surface area contributed by atoms with Crippen LogP contribution >= 0.6 is 0 Å². The fourth-order valence-corrected chi connectivity index (χ4v) is 5.49. The molecule has 0 bridgehead atoms. The fraction of sp³-hybridized carbons (Fsp3) is 0.381. The smallest absolute Gasteiger partial charge is 0.326 e. The van der Waals surface area contributed by atoms with E-state index in [1.54, 1.807) is 4.57 Å². The van der Waals surface area contributed by atoms with Crippen molar-refractivity contribution in [2.45, 2.75) is 29.9 Å². The highest BCUT2D eigenvalue weighted by Crippen LogP contribution is 2.25. The maximum atomic E-state index is 13.0. The second-order valence-corrected chi connectivity index (χ2v) is 9.77. The molecule has 1 unspecified atom stereocenters. The first-order valence-electron chi connectivity index (χ1n) is 9.91. The average molecular weight is 434 g/mol. The minimum absolute atomic E-state index is 0.000342. The van der Waals surface area contributed by atoms with Crippen LogP contribution in [0.3, 0.4) is 0 Å². The third-order valence-electron chi connectivity index (χ3n) is 5.60. The van der Waals surface area contributed by atoms with Gasteiger partial charge in [-0.05, 0) is 49.2 Å². The number of β-amino-alcohol motifs (C(OH)–C–C–N with tert-alkyl or cyclic N) is 1. The van der Waals surface area contributed by atoms with E-state index in [0.29, 0.717) is 13.1 Å². The number of halogens is 1. The van der Waals surface area contributed by atoms with Crippen molar-refractivity contribution in [3.8, 4) is 0 Å². The summed E-state index contributed by atoms with van der Waals surface area (Å²) in [5.41, 5.74) is 1.57. The van der Waals surface area contributed by atoms with E-state index < -0.39 is 27.5 Å². The second kappa shape index (κ2) is 8.33. The predicted molar refractivity (Wildman–Crippen MR) is 112 cm³/mol. The molecular formula is C21H24FN3O4S. The Kier molecular flexibility index (Phi) is 5.77. The Morgan fingerprint density at radius 2 is 1.77 bits per heavy atom. The number of aromatic amines is 1. The standard InChI is InChI=1S/C21H24FN3O4S/c22-15-5-7-18(8-6-15)30(28,29)14-17(26)13-24-11-9-16(10-12-24)25-20-4-2-1-3-19(20)23-21(25)27/h1-8,16-17,26H,9-14H2,(H,23,27). The topological polar surface area (TPSA) is 95.4 Å². The summed E-state index contributed by atoms with van der Waals surface area (Å²) >= 11 is 0. The number of para-hydroxylation sites is 2. The highest BCUT2D eigenvalue weighted by molar-refractivity contribution is 7.91. The molecule has 1 aliphatic rings. The van der Waals surface area contributed by atoms with Crippen LogP contribution in [0.5, 0.6) is 0 Å². The van der Waals surface area contributed by atoms with Gasteiger partial charge in [0.25, 0.3) is 0 Å². The van der Waals surface area contributed by atoms with Crippen molar-refractivity contribution in [3.63, 3.8) is 0 Å². The molecule has 30 heavy (non-hydrogen) atoms. The molecule has 0 radical (unpaired) electrons. The van der Waals surface area contributed by atoms with Gasteiger partial charge >= 0.3 is 5.69 Å². The van der Waals surface area contributed by atoms with E-state index in [2.05, 4.69) is 4.98 Å². The number of fused-ring (bicyclic) bond motifs is 1. The lowest BCUT2D eigenvalue weighted by molar-refractivity contribution is 0.103. The second-order valence-electron chi connectivity index (χ2n) is 7.74. The van der Waals surface area contributed by atoms with Gasteiger partial charge in [-0.2, -0.15) is 0 Å². The number of aliphatic hydroxyl groups is 1. The lowest BCUT2D eigenvalue weighted by Crippen LogP contribution is -2.42. The summed E-state index contributed by atoms with van der Waals surface area (Å²) in [5.74, 6) is -0.924. The summed E-state index contributed by atoms with van der Waals surface area (Å²) in [7, 11) is -3.70. The molecular weight excluding hydrogens is 409 g/mol. The van der Waals surface area contributed by atoms with Crippen LogP contribution < -0.4 is 5.69 Å². The number of likely N-dealkylation sites (tertiary alicyclic amines) is 1. The van der Waals surface area contributed by atoms with Gasteiger partial charge in [0, 0.05) is 25.7 Å². The predicted octanol–water partition coefficient (Wildman–Crippen LogP) is 1.94. The zero-order valence-electron chi connectivity index (χ0n) is 16.4. The van der Waals surface area contributed by atoms with E-state index >= 15 is 0 Å². The number of piperidine rings is 1. The van der Waals surface area contributed by atoms with Gasteiger partial charge in [-0.15, -0.1) is 0 Å². The highest BCUT2D eigenvalue weighted by atomic mass is 32.2. The van der Waals surface area contributed by atoms with E-state index in [9.17, 15) is 22.7 Å². The maximum Gasteiger partial charge on any atom is 0.326 e. The van der Waals surface area contributed by atoms with Crippen molar-refractivity contribution in [3.05, 3.63) is 64.8 Å². The minimum Gasteiger partial charge on any atom is -0.391 e. The van der Waals surface area contributed by atoms with E-state index in [-0.39, 0.29) is 23.2 Å². The number of aromatic nitrogens is 2. The molecule has 4 rings (SSSR count). The first-order valence-corrected chi connectivity index (χ1v) is 11.6. The highest BCUT2D eigenvalue weighted by Gasteiger charge is 2.26. The number of hydrogen-bond acceptors (Lipinski definition) is 5. The summed E-state index contributed by atoms with van der Waals surface area (Å²) in [5, 5.41) is 10.3. The third kappa shape index (κ3) is 4.33. The van der Waals surface area contributed by atoms with Gasteiger partial charge in [-0.25, -0.2) is 17.6 Å². The summed E-state index contributed by atoms with van der Waals surface area (Å²) in [6.45, 7) is 1.55. The number of benzene rings is 2. The zero-order chi connectivity index (χ0) is 21.3. The normalized spacial score (nSPS) is 17.4. The molecule has 1 atom stereocenters. The number of nitrogens with zero attached hydrogens (tertiary/aromatic N) is 2. The molecule has 0 aliphatic carbocycles. The number of aliphatic hydroxyl groups excluding tert-OH is 1. The van der Waals surface area contributed by atoms with Gasteiger partial charge in [0.1, 0.15) is 5.82 Å². The molecule has 1 fully saturated rings. The summed E-state index contributed by atoms with van der Waals surface area (Å²) < 4.78 is 39.7. The largest absolute Gasteiger partial charge is 0.391 e. The average Bonchev–Trinajstić information content (AvgIpc) is 3.04. The summed E-state index contributed by atoms with van der Waals surface area (Å²) in [6, 6.07) is 12.2. The van der Waals surface area contributed by atoms with Crippen molar-refractivity contribution < 1.29 is 17.9 Å². The zero-order valence-corrected chi connectivity index (χ0v) is 17.2. The third-order valence-corrected chi connectivity index (χ3v) is 7.41. The van der Waals surface area contributed by atoms with Crippen LogP contribution in [0, 0.1) is 5.82 Å². The Morgan fingerprint density at radius 1 is 1.10 bits per heavy atom. The van der Waals surface area contributed by atoms with E-state index in [0.717, 1.165) is 36.0 Å². The Hall–Kier alpha value is -2.49. The number of hydrogen-bond donors (Lipinski definition) is 2. The van der Waals surface area contributed by atoms with Crippen molar-refractivity contribution in [1.29, 1.82) is 0 Å².